The van der Waals surface area contributed by atoms with Gasteiger partial charge in [-0.25, -0.2) is 0 Å². The fourth-order valence-electron chi connectivity index (χ4n) is 9.18. The lowest BCUT2D eigenvalue weighted by molar-refractivity contribution is -0.143. The summed E-state index contributed by atoms with van der Waals surface area (Å²) in [7, 11) is 0. The number of esters is 1. The van der Waals surface area contributed by atoms with Crippen LogP contribution in [-0.4, -0.2) is 47.4 Å². The van der Waals surface area contributed by atoms with E-state index in [1.54, 1.807) is 0 Å². The van der Waals surface area contributed by atoms with Crippen molar-refractivity contribution in [2.75, 3.05) is 13.2 Å². The monoisotopic (exact) mass is 968 g/mol. The molecule has 0 aliphatic heterocycles. The van der Waals surface area contributed by atoms with Crippen molar-refractivity contribution in [2.24, 2.45) is 0 Å². The van der Waals surface area contributed by atoms with Crippen molar-refractivity contribution in [3.05, 3.63) is 48.6 Å². The van der Waals surface area contributed by atoms with Gasteiger partial charge >= 0.3 is 5.97 Å². The molecule has 0 radical (unpaired) electrons. The van der Waals surface area contributed by atoms with E-state index >= 15 is 0 Å². The van der Waals surface area contributed by atoms with Gasteiger partial charge in [0.25, 0.3) is 0 Å². The summed E-state index contributed by atoms with van der Waals surface area (Å²) in [5.74, 6) is -0.145. The summed E-state index contributed by atoms with van der Waals surface area (Å²) >= 11 is 0. The first-order chi connectivity index (χ1) is 34.0. The molecule has 0 rings (SSSR count). The zero-order chi connectivity index (χ0) is 50.0. The van der Waals surface area contributed by atoms with Crippen molar-refractivity contribution in [1.29, 1.82) is 0 Å². The van der Waals surface area contributed by atoms with Crippen LogP contribution in [0.1, 0.15) is 316 Å². The number of ether oxygens (including phenoxy) is 1. The summed E-state index contributed by atoms with van der Waals surface area (Å²) in [4.78, 5) is 24.5. The molecule has 404 valence electrons. The number of nitrogens with one attached hydrogen (secondary N) is 1. The molecule has 0 fully saturated rings. The van der Waals surface area contributed by atoms with Crippen LogP contribution < -0.4 is 5.32 Å². The van der Waals surface area contributed by atoms with Crippen LogP contribution in [0.4, 0.5) is 0 Å². The molecule has 0 aromatic rings. The summed E-state index contributed by atoms with van der Waals surface area (Å²) in [5.41, 5.74) is 0. The van der Waals surface area contributed by atoms with Crippen LogP contribution in [0, 0.1) is 0 Å². The lowest BCUT2D eigenvalue weighted by Gasteiger charge is -2.22. The molecular formula is C63H117NO5. The van der Waals surface area contributed by atoms with E-state index in [-0.39, 0.29) is 18.5 Å². The second-order valence-electron chi connectivity index (χ2n) is 20.7. The van der Waals surface area contributed by atoms with Gasteiger partial charge in [0.1, 0.15) is 0 Å². The fourth-order valence-corrected chi connectivity index (χ4v) is 9.18. The highest BCUT2D eigenvalue weighted by Gasteiger charge is 2.19. The van der Waals surface area contributed by atoms with Crippen molar-refractivity contribution < 1.29 is 24.5 Å². The number of carbonyl (C=O) groups is 2. The zero-order valence-electron chi connectivity index (χ0n) is 46.0. The van der Waals surface area contributed by atoms with Gasteiger partial charge in [0.2, 0.25) is 5.91 Å². The van der Waals surface area contributed by atoms with Gasteiger partial charge in [0, 0.05) is 12.8 Å². The van der Waals surface area contributed by atoms with E-state index in [9.17, 15) is 19.8 Å². The predicted octanol–water partition coefficient (Wildman–Crippen LogP) is 19.0. The maximum Gasteiger partial charge on any atom is 0.305 e. The molecule has 0 saturated carbocycles. The molecule has 0 bridgehead atoms. The normalized spacial score (nSPS) is 12.9. The van der Waals surface area contributed by atoms with E-state index in [0.29, 0.717) is 32.3 Å². The Morgan fingerprint density at radius 1 is 0.406 bits per heavy atom. The highest BCUT2D eigenvalue weighted by atomic mass is 16.5. The lowest BCUT2D eigenvalue weighted by atomic mass is 10.0. The van der Waals surface area contributed by atoms with Crippen LogP contribution >= 0.6 is 0 Å². The first kappa shape index (κ1) is 66.8. The Balaban J connectivity index is 3.53. The maximum atomic E-state index is 12.5. The van der Waals surface area contributed by atoms with Gasteiger partial charge in [-0.3, -0.25) is 9.59 Å². The Morgan fingerprint density at radius 2 is 0.754 bits per heavy atom. The Hall–Kier alpha value is -2.18. The minimum absolute atomic E-state index is 0.0314. The van der Waals surface area contributed by atoms with E-state index < -0.39 is 12.1 Å². The number of unbranched alkanes of at least 4 members (excludes halogenated alkanes) is 37. The molecule has 2 unspecified atom stereocenters. The first-order valence-electron chi connectivity index (χ1n) is 30.4. The summed E-state index contributed by atoms with van der Waals surface area (Å²) in [6, 6.07) is -0.588. The van der Waals surface area contributed by atoms with Crippen molar-refractivity contribution in [3.8, 4) is 0 Å². The molecule has 3 N–H and O–H groups in total. The van der Waals surface area contributed by atoms with E-state index in [2.05, 4.69) is 61.7 Å². The highest BCUT2D eigenvalue weighted by molar-refractivity contribution is 5.76. The van der Waals surface area contributed by atoms with Crippen molar-refractivity contribution in [1.82, 2.24) is 5.32 Å². The van der Waals surface area contributed by atoms with E-state index in [4.69, 9.17) is 4.74 Å². The first-order valence-corrected chi connectivity index (χ1v) is 30.4. The third-order valence-electron chi connectivity index (χ3n) is 13.9. The number of hydrogen-bond acceptors (Lipinski definition) is 5. The van der Waals surface area contributed by atoms with Crippen molar-refractivity contribution >= 4 is 11.9 Å². The second-order valence-corrected chi connectivity index (χ2v) is 20.7. The largest absolute Gasteiger partial charge is 0.466 e. The number of hydrogen-bond donors (Lipinski definition) is 3. The molecule has 0 aromatic carbocycles. The molecule has 0 aliphatic carbocycles. The summed E-state index contributed by atoms with van der Waals surface area (Å²) in [5, 5.41) is 23.3. The van der Waals surface area contributed by atoms with Crippen LogP contribution in [-0.2, 0) is 14.3 Å². The topological polar surface area (TPSA) is 95.9 Å². The second kappa shape index (κ2) is 58.4. The Bertz CT molecular complexity index is 1160. The van der Waals surface area contributed by atoms with E-state index in [1.165, 1.54) is 212 Å². The summed E-state index contributed by atoms with van der Waals surface area (Å²) in [6.07, 6.45) is 74.1. The zero-order valence-corrected chi connectivity index (χ0v) is 46.0. The molecule has 0 aromatic heterocycles. The molecule has 1 amide bonds. The van der Waals surface area contributed by atoms with Crippen LogP contribution in [0.25, 0.3) is 0 Å². The van der Waals surface area contributed by atoms with Crippen LogP contribution in [0.3, 0.4) is 0 Å². The third kappa shape index (κ3) is 55.0. The Kier molecular flexibility index (Phi) is 56.5. The fraction of sp³-hybridized carbons (Fsp3) is 0.841. The van der Waals surface area contributed by atoms with Crippen molar-refractivity contribution in [2.45, 2.75) is 328 Å². The number of rotatable bonds is 56. The van der Waals surface area contributed by atoms with E-state index in [0.717, 1.165) is 64.2 Å². The Labute approximate surface area is 429 Å². The standard InChI is InChI=1S/C63H117NO5/c1-3-5-7-9-11-13-15-17-19-20-21-22-23-24-25-26-27-28-29-31-35-39-43-47-51-55-61(66)60(59-65)64-62(67)56-52-48-44-40-36-32-30-34-38-42-46-50-54-58-69-63(68)57-53-49-45-41-37-33-18-16-14-12-10-8-6-4-2/h10,12,16,18,32,36,44,48,60-61,65-66H,3-9,11,13-15,17,19-31,33-35,37-43,45-47,49-59H2,1-2H3,(H,64,67)/b12-10-,18-16-,36-32-,48-44-. The minimum atomic E-state index is -0.702. The molecule has 0 heterocycles. The van der Waals surface area contributed by atoms with Crippen LogP contribution in [0.5, 0.6) is 0 Å². The van der Waals surface area contributed by atoms with Gasteiger partial charge in [-0.05, 0) is 70.6 Å². The van der Waals surface area contributed by atoms with E-state index in [1.807, 2.05) is 6.08 Å². The number of allylic oxidation sites excluding steroid dienone is 8. The van der Waals surface area contributed by atoms with Crippen LogP contribution in [0.15, 0.2) is 48.6 Å². The molecule has 69 heavy (non-hydrogen) atoms. The SMILES string of the molecule is CCCC/C=C\C/C=C\CCCCCCCC(=O)OCCCCCCCC/C=C\C/C=C\CCC(=O)NC(CO)C(O)CCCCCCCCCCCCCCCCCCCCCCCCCCC. The summed E-state index contributed by atoms with van der Waals surface area (Å²) < 4.78 is 5.45. The van der Waals surface area contributed by atoms with Gasteiger partial charge < -0.3 is 20.3 Å². The highest BCUT2D eigenvalue weighted by Crippen LogP contribution is 2.17. The average Bonchev–Trinajstić information content (AvgIpc) is 3.35. The minimum Gasteiger partial charge on any atom is -0.466 e. The maximum absolute atomic E-state index is 12.5. The molecule has 2 atom stereocenters. The van der Waals surface area contributed by atoms with Crippen LogP contribution in [0.2, 0.25) is 0 Å². The lowest BCUT2D eigenvalue weighted by Crippen LogP contribution is -2.45. The average molecular weight is 969 g/mol. The smallest absolute Gasteiger partial charge is 0.305 e. The molecule has 0 aliphatic rings. The van der Waals surface area contributed by atoms with Crippen molar-refractivity contribution in [3.63, 3.8) is 0 Å². The number of amides is 1. The van der Waals surface area contributed by atoms with Gasteiger partial charge in [-0.1, -0.05) is 281 Å². The van der Waals surface area contributed by atoms with Gasteiger partial charge in [-0.2, -0.15) is 0 Å². The van der Waals surface area contributed by atoms with Gasteiger partial charge in [-0.15, -0.1) is 0 Å². The number of aliphatic hydroxyl groups excluding tert-OH is 2. The quantitative estimate of drug-likeness (QED) is 0.0321. The number of aliphatic hydroxyl groups is 2. The molecule has 0 saturated heterocycles. The van der Waals surface area contributed by atoms with Gasteiger partial charge in [0.15, 0.2) is 0 Å². The molecule has 0 spiro atoms. The Morgan fingerprint density at radius 3 is 1.17 bits per heavy atom. The molecule has 6 nitrogen and oxygen atoms in total. The number of carbonyl (C=O) groups excluding carboxylic acids is 2. The predicted molar refractivity (Wildman–Crippen MR) is 301 cm³/mol. The molecular weight excluding hydrogens is 851 g/mol. The molecule has 6 heteroatoms. The third-order valence-corrected chi connectivity index (χ3v) is 13.9. The van der Waals surface area contributed by atoms with Gasteiger partial charge in [0.05, 0.1) is 25.4 Å². The summed E-state index contributed by atoms with van der Waals surface area (Å²) in [6.45, 7) is 4.85.